The summed E-state index contributed by atoms with van der Waals surface area (Å²) < 4.78 is 6.84. The van der Waals surface area contributed by atoms with Crippen molar-refractivity contribution in [2.45, 2.75) is 44.8 Å². The third-order valence-electron chi connectivity index (χ3n) is 4.40. The van der Waals surface area contributed by atoms with Crippen LogP contribution in [-0.4, -0.2) is 52.4 Å². The third kappa shape index (κ3) is 3.27. The van der Waals surface area contributed by atoms with E-state index in [4.69, 9.17) is 4.74 Å². The maximum atomic E-state index is 11.9. The monoisotopic (exact) mass is 292 g/mol. The minimum atomic E-state index is -0.284. The fraction of sp³-hybridized carbons (Fsp3) is 0.733. The van der Waals surface area contributed by atoms with Crippen molar-refractivity contribution in [3.05, 3.63) is 17.5 Å². The minimum Gasteiger partial charge on any atom is -0.462 e. The molecule has 2 fully saturated rings. The highest BCUT2D eigenvalue weighted by atomic mass is 16.5. The first-order chi connectivity index (χ1) is 10.2. The van der Waals surface area contributed by atoms with E-state index < -0.39 is 0 Å². The molecule has 6 nitrogen and oxygen atoms in total. The molecular formula is C15H24N4O2. The van der Waals surface area contributed by atoms with Gasteiger partial charge in [-0.3, -0.25) is 9.58 Å². The molecule has 1 N–H and O–H groups in total. The van der Waals surface area contributed by atoms with Gasteiger partial charge in [0.2, 0.25) is 0 Å². The second-order valence-electron chi connectivity index (χ2n) is 5.94. The number of nitrogens with zero attached hydrogens (tertiary/aromatic N) is 3. The molecule has 1 aromatic heterocycles. The minimum absolute atomic E-state index is 0.284. The van der Waals surface area contributed by atoms with Crippen LogP contribution in [0.2, 0.25) is 0 Å². The first-order valence-corrected chi connectivity index (χ1v) is 7.84. The molecule has 116 valence electrons. The zero-order valence-electron chi connectivity index (χ0n) is 12.8. The molecule has 1 unspecified atom stereocenters. The molecule has 1 aliphatic carbocycles. The fourth-order valence-corrected chi connectivity index (χ4v) is 3.02. The lowest BCUT2D eigenvalue weighted by Crippen LogP contribution is -2.33. The van der Waals surface area contributed by atoms with Gasteiger partial charge >= 0.3 is 5.97 Å². The van der Waals surface area contributed by atoms with E-state index in [2.05, 4.69) is 15.3 Å². The molecule has 0 amide bonds. The van der Waals surface area contributed by atoms with Crippen LogP contribution in [0.3, 0.4) is 0 Å². The quantitative estimate of drug-likeness (QED) is 0.790. The van der Waals surface area contributed by atoms with Crippen molar-refractivity contribution in [3.63, 3.8) is 0 Å². The summed E-state index contributed by atoms with van der Waals surface area (Å²) in [6.07, 6.45) is 5.51. The van der Waals surface area contributed by atoms with Gasteiger partial charge in [-0.25, -0.2) is 4.79 Å². The second-order valence-corrected chi connectivity index (χ2v) is 5.94. The van der Waals surface area contributed by atoms with Gasteiger partial charge in [0, 0.05) is 38.8 Å². The number of nitrogens with one attached hydrogen (secondary N) is 1. The molecule has 0 aromatic carbocycles. The summed E-state index contributed by atoms with van der Waals surface area (Å²) in [4.78, 5) is 14.5. The smallest absolute Gasteiger partial charge is 0.341 e. The number of aromatic nitrogens is 2. The molecule has 6 heteroatoms. The molecule has 1 atom stereocenters. The zero-order chi connectivity index (χ0) is 14.8. The summed E-state index contributed by atoms with van der Waals surface area (Å²) >= 11 is 0. The largest absolute Gasteiger partial charge is 0.462 e. The highest BCUT2D eigenvalue weighted by Gasteiger charge is 2.34. The van der Waals surface area contributed by atoms with Crippen molar-refractivity contribution in [1.29, 1.82) is 0 Å². The van der Waals surface area contributed by atoms with Gasteiger partial charge in [0.1, 0.15) is 5.56 Å². The van der Waals surface area contributed by atoms with Crippen molar-refractivity contribution in [2.75, 3.05) is 19.7 Å². The van der Waals surface area contributed by atoms with Crippen LogP contribution in [0.5, 0.6) is 0 Å². The van der Waals surface area contributed by atoms with E-state index in [-0.39, 0.29) is 5.97 Å². The molecule has 0 bridgehead atoms. The summed E-state index contributed by atoms with van der Waals surface area (Å²) in [5.74, 6) is -0.284. The Hall–Kier alpha value is -1.40. The molecule has 0 radical (unpaired) electrons. The van der Waals surface area contributed by atoms with Gasteiger partial charge in [-0.2, -0.15) is 5.10 Å². The first kappa shape index (κ1) is 14.5. The number of hydrogen-bond acceptors (Lipinski definition) is 5. The molecule has 1 aliphatic heterocycles. The lowest BCUT2D eigenvalue weighted by atomic mass is 10.2. The number of carbonyl (C=O) groups is 1. The zero-order valence-corrected chi connectivity index (χ0v) is 12.8. The lowest BCUT2D eigenvalue weighted by molar-refractivity contribution is 0.0524. The second kappa shape index (κ2) is 6.15. The molecule has 3 rings (SSSR count). The number of esters is 1. The number of aryl methyl sites for hydroxylation is 1. The van der Waals surface area contributed by atoms with Crippen LogP contribution in [0.25, 0.3) is 0 Å². The number of ether oxygens (including phenoxy) is 1. The molecule has 1 saturated carbocycles. The van der Waals surface area contributed by atoms with Crippen molar-refractivity contribution in [2.24, 2.45) is 7.05 Å². The van der Waals surface area contributed by atoms with Crippen LogP contribution < -0.4 is 5.32 Å². The third-order valence-corrected chi connectivity index (χ3v) is 4.40. The molecular weight excluding hydrogens is 268 g/mol. The van der Waals surface area contributed by atoms with Crippen molar-refractivity contribution >= 4 is 5.97 Å². The maximum Gasteiger partial charge on any atom is 0.341 e. The van der Waals surface area contributed by atoms with Gasteiger partial charge in [-0.1, -0.05) is 0 Å². The Labute approximate surface area is 125 Å². The first-order valence-electron chi connectivity index (χ1n) is 7.84. The topological polar surface area (TPSA) is 59.4 Å². The van der Waals surface area contributed by atoms with E-state index >= 15 is 0 Å². The number of carbonyl (C=O) groups excluding carboxylic acids is 1. The highest BCUT2D eigenvalue weighted by molar-refractivity contribution is 5.90. The van der Waals surface area contributed by atoms with Crippen molar-refractivity contribution in [3.8, 4) is 0 Å². The van der Waals surface area contributed by atoms with Crippen molar-refractivity contribution in [1.82, 2.24) is 20.0 Å². The number of rotatable bonds is 6. The fourth-order valence-electron chi connectivity index (χ4n) is 3.02. The van der Waals surface area contributed by atoms with Crippen LogP contribution in [0.1, 0.15) is 42.2 Å². The van der Waals surface area contributed by atoms with Gasteiger partial charge in [0.05, 0.1) is 18.5 Å². The SMILES string of the molecule is CCOC(=O)c1cnn(C)c1CNC1CCN(C2CC2)C1. The van der Waals surface area contributed by atoms with Crippen LogP contribution in [-0.2, 0) is 18.3 Å². The van der Waals surface area contributed by atoms with Crippen LogP contribution in [0.15, 0.2) is 6.20 Å². The van der Waals surface area contributed by atoms with E-state index in [0.717, 1.165) is 18.3 Å². The van der Waals surface area contributed by atoms with Crippen molar-refractivity contribution < 1.29 is 9.53 Å². The maximum absolute atomic E-state index is 11.9. The highest BCUT2D eigenvalue weighted by Crippen LogP contribution is 2.29. The Morgan fingerprint density at radius 2 is 2.29 bits per heavy atom. The van der Waals surface area contributed by atoms with E-state index in [1.807, 2.05) is 14.0 Å². The number of likely N-dealkylation sites (tertiary alicyclic amines) is 1. The lowest BCUT2D eigenvalue weighted by Gasteiger charge is -2.16. The van der Waals surface area contributed by atoms with Gasteiger partial charge < -0.3 is 10.1 Å². The summed E-state index contributed by atoms with van der Waals surface area (Å²) in [7, 11) is 1.87. The van der Waals surface area contributed by atoms with Gasteiger partial charge in [-0.15, -0.1) is 0 Å². The molecule has 1 aromatic rings. The van der Waals surface area contributed by atoms with Gasteiger partial charge in [0.15, 0.2) is 0 Å². The predicted molar refractivity (Wildman–Crippen MR) is 79.0 cm³/mol. The average Bonchev–Trinajstić information content (AvgIpc) is 3.09. The molecule has 0 spiro atoms. The molecule has 1 saturated heterocycles. The van der Waals surface area contributed by atoms with Crippen LogP contribution in [0, 0.1) is 0 Å². The van der Waals surface area contributed by atoms with Gasteiger partial charge in [-0.05, 0) is 26.2 Å². The van der Waals surface area contributed by atoms with Crippen LogP contribution in [0.4, 0.5) is 0 Å². The van der Waals surface area contributed by atoms with E-state index in [0.29, 0.717) is 24.8 Å². The Bertz CT molecular complexity index is 510. The Morgan fingerprint density at radius 1 is 1.48 bits per heavy atom. The summed E-state index contributed by atoms with van der Waals surface area (Å²) in [5.41, 5.74) is 1.47. The van der Waals surface area contributed by atoms with Gasteiger partial charge in [0.25, 0.3) is 0 Å². The average molecular weight is 292 g/mol. The Kier molecular flexibility index (Phi) is 4.26. The molecule has 2 heterocycles. The summed E-state index contributed by atoms with van der Waals surface area (Å²) in [6.45, 7) is 5.18. The predicted octanol–water partition coefficient (Wildman–Crippen LogP) is 0.923. The Morgan fingerprint density at radius 3 is 3.00 bits per heavy atom. The van der Waals surface area contributed by atoms with E-state index in [1.54, 1.807) is 10.9 Å². The standard InChI is InChI=1S/C15H24N4O2/c1-3-21-15(20)13-8-17-18(2)14(13)9-16-11-6-7-19(10-11)12-4-5-12/h8,11-12,16H,3-7,9-10H2,1-2H3. The summed E-state index contributed by atoms with van der Waals surface area (Å²) in [5, 5.41) is 7.75. The van der Waals surface area contributed by atoms with E-state index in [9.17, 15) is 4.79 Å². The van der Waals surface area contributed by atoms with Crippen LogP contribution >= 0.6 is 0 Å². The normalized spacial score (nSPS) is 22.7. The Balaban J connectivity index is 1.57. The molecule has 21 heavy (non-hydrogen) atoms. The van der Waals surface area contributed by atoms with E-state index in [1.165, 1.54) is 25.8 Å². The number of hydrogen-bond donors (Lipinski definition) is 1. The summed E-state index contributed by atoms with van der Waals surface area (Å²) in [6, 6.07) is 1.35. The molecule has 2 aliphatic rings.